The number of benzene rings is 2. The number of fused-ring (bicyclic) bond motifs is 3. The lowest BCUT2D eigenvalue weighted by atomic mass is 10.1. The first-order valence-corrected chi connectivity index (χ1v) is 8.61. The standard InChI is InChI=1S/C19H21N3O4/c1-10-20-19-14-7-13(21-11(2)24)5-3-12(14)4-6-15(19)22(10)18-8-16(25)17(9-23)26-18/h3-7,16-18,23,25H,8-9H2,1-2H3,(H,21,24)/t16-,17+,18+/m0/s1. The molecular weight excluding hydrogens is 334 g/mol. The van der Waals surface area contributed by atoms with Crippen molar-refractivity contribution in [3.8, 4) is 0 Å². The number of carbonyl (C=O) groups is 1. The van der Waals surface area contributed by atoms with Gasteiger partial charge in [-0.2, -0.15) is 0 Å². The summed E-state index contributed by atoms with van der Waals surface area (Å²) in [5, 5.41) is 24.1. The number of amides is 1. The highest BCUT2D eigenvalue weighted by Gasteiger charge is 2.35. The highest BCUT2D eigenvalue weighted by atomic mass is 16.5. The van der Waals surface area contributed by atoms with Gasteiger partial charge in [-0.3, -0.25) is 4.79 Å². The number of nitrogens with zero attached hydrogens (tertiary/aromatic N) is 2. The van der Waals surface area contributed by atoms with E-state index in [2.05, 4.69) is 5.32 Å². The van der Waals surface area contributed by atoms with Crippen LogP contribution in [0.15, 0.2) is 30.3 Å². The number of carbonyl (C=O) groups excluding carboxylic acids is 1. The minimum Gasteiger partial charge on any atom is -0.394 e. The molecule has 1 fully saturated rings. The van der Waals surface area contributed by atoms with Gasteiger partial charge in [0, 0.05) is 24.4 Å². The topological polar surface area (TPSA) is 96.6 Å². The largest absolute Gasteiger partial charge is 0.394 e. The number of aliphatic hydroxyl groups is 2. The van der Waals surface area contributed by atoms with Gasteiger partial charge in [-0.1, -0.05) is 12.1 Å². The van der Waals surface area contributed by atoms with Crippen LogP contribution in [0.1, 0.15) is 25.4 Å². The predicted octanol–water partition coefficient (Wildman–Crippen LogP) is 2.10. The molecular formula is C19H21N3O4. The lowest BCUT2D eigenvalue weighted by Crippen LogP contribution is -2.24. The van der Waals surface area contributed by atoms with E-state index < -0.39 is 12.2 Å². The van der Waals surface area contributed by atoms with E-state index in [4.69, 9.17) is 9.72 Å². The Morgan fingerprint density at radius 2 is 2.15 bits per heavy atom. The molecule has 0 bridgehead atoms. The Kier molecular flexibility index (Phi) is 4.14. The van der Waals surface area contributed by atoms with Gasteiger partial charge in [0.25, 0.3) is 0 Å². The van der Waals surface area contributed by atoms with Crippen molar-refractivity contribution in [2.75, 3.05) is 11.9 Å². The highest BCUT2D eigenvalue weighted by Crippen LogP contribution is 2.35. The van der Waals surface area contributed by atoms with E-state index in [0.717, 1.165) is 33.3 Å². The summed E-state index contributed by atoms with van der Waals surface area (Å²) in [7, 11) is 0. The third-order valence-corrected chi connectivity index (χ3v) is 4.85. The molecule has 0 aliphatic carbocycles. The van der Waals surface area contributed by atoms with Crippen molar-refractivity contribution in [1.29, 1.82) is 0 Å². The number of hydrogen-bond donors (Lipinski definition) is 3. The summed E-state index contributed by atoms with van der Waals surface area (Å²) in [6.45, 7) is 3.15. The number of aryl methyl sites for hydroxylation is 1. The average molecular weight is 355 g/mol. The first-order chi connectivity index (χ1) is 12.5. The molecule has 3 atom stereocenters. The van der Waals surface area contributed by atoms with Crippen molar-refractivity contribution in [2.24, 2.45) is 0 Å². The number of imidazole rings is 1. The molecule has 2 heterocycles. The van der Waals surface area contributed by atoms with Gasteiger partial charge in [0.2, 0.25) is 5.91 Å². The van der Waals surface area contributed by atoms with Crippen LogP contribution in [-0.4, -0.2) is 44.5 Å². The Morgan fingerprint density at radius 1 is 1.38 bits per heavy atom. The van der Waals surface area contributed by atoms with Crippen LogP contribution in [0.3, 0.4) is 0 Å². The van der Waals surface area contributed by atoms with Gasteiger partial charge >= 0.3 is 0 Å². The minimum atomic E-state index is -0.700. The molecule has 1 aliphatic rings. The zero-order valence-electron chi connectivity index (χ0n) is 14.6. The number of hydrogen-bond acceptors (Lipinski definition) is 5. The number of anilines is 1. The van der Waals surface area contributed by atoms with E-state index in [1.807, 2.05) is 41.8 Å². The average Bonchev–Trinajstić information content (AvgIpc) is 3.13. The summed E-state index contributed by atoms with van der Waals surface area (Å²) in [6, 6.07) is 9.71. The molecule has 1 aliphatic heterocycles. The van der Waals surface area contributed by atoms with Crippen LogP contribution < -0.4 is 5.32 Å². The van der Waals surface area contributed by atoms with Crippen LogP contribution in [0, 0.1) is 6.92 Å². The summed E-state index contributed by atoms with van der Waals surface area (Å²) in [6.07, 6.45) is -1.25. The third kappa shape index (κ3) is 2.74. The van der Waals surface area contributed by atoms with Gasteiger partial charge in [-0.05, 0) is 30.5 Å². The Hall–Kier alpha value is -2.48. The van der Waals surface area contributed by atoms with Gasteiger partial charge < -0.3 is 24.8 Å². The minimum absolute atomic E-state index is 0.123. The normalized spacial score (nSPS) is 23.0. The molecule has 26 heavy (non-hydrogen) atoms. The van der Waals surface area contributed by atoms with Crippen molar-refractivity contribution in [2.45, 2.75) is 38.7 Å². The molecule has 0 spiro atoms. The molecule has 2 aromatic carbocycles. The SMILES string of the molecule is CC(=O)Nc1ccc2ccc3c(nc(C)n3[C@H]3C[C@H](O)[C@@H](CO)O3)c2c1. The Labute approximate surface area is 150 Å². The van der Waals surface area contributed by atoms with Gasteiger partial charge in [-0.25, -0.2) is 4.98 Å². The van der Waals surface area contributed by atoms with E-state index in [9.17, 15) is 15.0 Å². The summed E-state index contributed by atoms with van der Waals surface area (Å²) in [4.78, 5) is 16.1. The lowest BCUT2D eigenvalue weighted by Gasteiger charge is -2.16. The van der Waals surface area contributed by atoms with Crippen molar-refractivity contribution in [3.63, 3.8) is 0 Å². The van der Waals surface area contributed by atoms with Gasteiger partial charge in [0.15, 0.2) is 0 Å². The Balaban J connectivity index is 1.84. The maximum Gasteiger partial charge on any atom is 0.221 e. The summed E-state index contributed by atoms with van der Waals surface area (Å²) in [5.41, 5.74) is 2.43. The van der Waals surface area contributed by atoms with Crippen LogP contribution in [0.4, 0.5) is 5.69 Å². The van der Waals surface area contributed by atoms with Crippen LogP contribution >= 0.6 is 0 Å². The van der Waals surface area contributed by atoms with Crippen LogP contribution in [0.25, 0.3) is 21.8 Å². The van der Waals surface area contributed by atoms with E-state index in [0.29, 0.717) is 6.42 Å². The predicted molar refractivity (Wildman–Crippen MR) is 97.9 cm³/mol. The molecule has 4 rings (SSSR count). The third-order valence-electron chi connectivity index (χ3n) is 4.85. The molecule has 3 aromatic rings. The van der Waals surface area contributed by atoms with E-state index >= 15 is 0 Å². The summed E-state index contributed by atoms with van der Waals surface area (Å²) >= 11 is 0. The number of ether oxygens (including phenoxy) is 1. The first-order valence-electron chi connectivity index (χ1n) is 8.61. The maximum atomic E-state index is 11.3. The number of aromatic nitrogens is 2. The Morgan fingerprint density at radius 3 is 2.85 bits per heavy atom. The van der Waals surface area contributed by atoms with Crippen LogP contribution in [0.5, 0.6) is 0 Å². The van der Waals surface area contributed by atoms with Crippen LogP contribution in [0.2, 0.25) is 0 Å². The van der Waals surface area contributed by atoms with Crippen molar-refractivity contribution >= 4 is 33.4 Å². The zero-order valence-corrected chi connectivity index (χ0v) is 14.6. The number of nitrogens with one attached hydrogen (secondary N) is 1. The van der Waals surface area contributed by atoms with Gasteiger partial charge in [0.1, 0.15) is 18.2 Å². The molecule has 7 heteroatoms. The molecule has 7 nitrogen and oxygen atoms in total. The molecule has 1 saturated heterocycles. The second-order valence-corrected chi connectivity index (χ2v) is 6.69. The maximum absolute atomic E-state index is 11.3. The number of aliphatic hydroxyl groups excluding tert-OH is 2. The van der Waals surface area contributed by atoms with Crippen molar-refractivity contribution in [1.82, 2.24) is 9.55 Å². The molecule has 0 unspecified atom stereocenters. The van der Waals surface area contributed by atoms with Crippen molar-refractivity contribution < 1.29 is 19.7 Å². The lowest BCUT2D eigenvalue weighted by molar-refractivity contribution is -0.114. The fourth-order valence-electron chi connectivity index (χ4n) is 3.68. The summed E-state index contributed by atoms with van der Waals surface area (Å²) < 4.78 is 7.77. The number of rotatable bonds is 3. The van der Waals surface area contributed by atoms with Crippen LogP contribution in [-0.2, 0) is 9.53 Å². The van der Waals surface area contributed by atoms with E-state index in [1.54, 1.807) is 0 Å². The first kappa shape index (κ1) is 17.0. The second kappa shape index (κ2) is 6.35. The van der Waals surface area contributed by atoms with E-state index in [-0.39, 0.29) is 18.7 Å². The van der Waals surface area contributed by atoms with Gasteiger partial charge in [-0.15, -0.1) is 0 Å². The highest BCUT2D eigenvalue weighted by molar-refractivity contribution is 6.06. The Bertz CT molecular complexity index is 997. The van der Waals surface area contributed by atoms with Gasteiger partial charge in [0.05, 0.1) is 23.7 Å². The molecule has 1 amide bonds. The van der Waals surface area contributed by atoms with Crippen molar-refractivity contribution in [3.05, 3.63) is 36.2 Å². The zero-order chi connectivity index (χ0) is 18.4. The monoisotopic (exact) mass is 355 g/mol. The molecule has 1 aromatic heterocycles. The summed E-state index contributed by atoms with van der Waals surface area (Å²) in [5.74, 6) is 0.648. The second-order valence-electron chi connectivity index (χ2n) is 6.69. The fraction of sp³-hybridized carbons (Fsp3) is 0.368. The molecule has 0 saturated carbocycles. The quantitative estimate of drug-likeness (QED) is 0.669. The molecule has 0 radical (unpaired) electrons. The fourth-order valence-corrected chi connectivity index (χ4v) is 3.68. The van der Waals surface area contributed by atoms with E-state index in [1.165, 1.54) is 6.92 Å². The smallest absolute Gasteiger partial charge is 0.221 e. The molecule has 3 N–H and O–H groups in total. The molecule has 136 valence electrons.